The average Bonchev–Trinajstić information content (AvgIpc) is 2.59. The van der Waals surface area contributed by atoms with E-state index in [2.05, 4.69) is 24.1 Å². The first-order valence-electron chi connectivity index (χ1n) is 9.51. The normalized spacial score (nSPS) is 18.0. The molecule has 0 aromatic heterocycles. The number of nitrogens with zero attached hydrogens (tertiary/aromatic N) is 2. The van der Waals surface area contributed by atoms with Gasteiger partial charge in [0.2, 0.25) is 11.8 Å². The van der Waals surface area contributed by atoms with Gasteiger partial charge in [-0.3, -0.25) is 9.59 Å². The second kappa shape index (κ2) is 9.17. The minimum atomic E-state index is -0.0985. The Labute approximate surface area is 157 Å². The molecule has 0 bridgehead atoms. The van der Waals surface area contributed by atoms with Crippen LogP contribution < -0.4 is 5.32 Å². The van der Waals surface area contributed by atoms with E-state index < -0.39 is 0 Å². The number of hydrogen-bond acceptors (Lipinski definition) is 3. The summed E-state index contributed by atoms with van der Waals surface area (Å²) in [6.45, 7) is 7.17. The zero-order chi connectivity index (χ0) is 19.2. The maximum absolute atomic E-state index is 12.6. The van der Waals surface area contributed by atoms with Gasteiger partial charge in [-0.05, 0) is 37.9 Å². The summed E-state index contributed by atoms with van der Waals surface area (Å²) >= 11 is 0. The van der Waals surface area contributed by atoms with Crippen LogP contribution >= 0.6 is 0 Å². The summed E-state index contributed by atoms with van der Waals surface area (Å²) in [6, 6.07) is 9.79. The summed E-state index contributed by atoms with van der Waals surface area (Å²) in [5.41, 5.74) is 1.05. The van der Waals surface area contributed by atoms with Gasteiger partial charge >= 0.3 is 0 Å². The highest BCUT2D eigenvalue weighted by Crippen LogP contribution is 2.19. The van der Waals surface area contributed by atoms with Crippen molar-refractivity contribution < 1.29 is 9.59 Å². The van der Waals surface area contributed by atoms with E-state index in [1.165, 1.54) is 0 Å². The molecule has 144 valence electrons. The molecule has 0 spiro atoms. The molecule has 1 atom stereocenters. The Morgan fingerprint density at radius 1 is 1.23 bits per heavy atom. The van der Waals surface area contributed by atoms with Gasteiger partial charge < -0.3 is 15.1 Å². The SMILES string of the molecule is CN(C)CC(C)(C)CNC(=O)[C@H]1CCCN(C(=O)Cc2ccccc2)C1. The molecule has 0 saturated carbocycles. The molecule has 5 heteroatoms. The fraction of sp³-hybridized carbons (Fsp3) is 0.619. The zero-order valence-electron chi connectivity index (χ0n) is 16.6. The van der Waals surface area contributed by atoms with E-state index in [0.717, 1.165) is 31.5 Å². The molecule has 1 fully saturated rings. The molecule has 5 nitrogen and oxygen atoms in total. The van der Waals surface area contributed by atoms with E-state index >= 15 is 0 Å². The number of amides is 2. The Balaban J connectivity index is 1.85. The first-order valence-corrected chi connectivity index (χ1v) is 9.51. The van der Waals surface area contributed by atoms with Gasteiger partial charge in [0.05, 0.1) is 12.3 Å². The van der Waals surface area contributed by atoms with Crippen molar-refractivity contribution in [2.75, 3.05) is 40.3 Å². The van der Waals surface area contributed by atoms with Gasteiger partial charge in [0.25, 0.3) is 0 Å². The number of rotatable bonds is 7. The summed E-state index contributed by atoms with van der Waals surface area (Å²) in [4.78, 5) is 29.1. The molecule has 1 aromatic rings. The first kappa shape index (κ1) is 20.4. The topological polar surface area (TPSA) is 52.7 Å². The van der Waals surface area contributed by atoms with Crippen LogP contribution in [0.5, 0.6) is 0 Å². The molecule has 0 aliphatic carbocycles. The van der Waals surface area contributed by atoms with Crippen LogP contribution in [0.25, 0.3) is 0 Å². The molecule has 1 aliphatic heterocycles. The van der Waals surface area contributed by atoms with Crippen molar-refractivity contribution >= 4 is 11.8 Å². The third kappa shape index (κ3) is 6.45. The van der Waals surface area contributed by atoms with Crippen LogP contribution in [0.2, 0.25) is 0 Å². The third-order valence-electron chi connectivity index (χ3n) is 4.83. The van der Waals surface area contributed by atoms with E-state index in [-0.39, 0.29) is 23.1 Å². The number of hydrogen-bond donors (Lipinski definition) is 1. The van der Waals surface area contributed by atoms with Crippen molar-refractivity contribution in [3.8, 4) is 0 Å². The van der Waals surface area contributed by atoms with E-state index in [0.29, 0.717) is 19.5 Å². The van der Waals surface area contributed by atoms with Crippen molar-refractivity contribution in [3.63, 3.8) is 0 Å². The van der Waals surface area contributed by atoms with Gasteiger partial charge in [-0.25, -0.2) is 0 Å². The molecule has 0 radical (unpaired) electrons. The molecular formula is C21H33N3O2. The van der Waals surface area contributed by atoms with Crippen LogP contribution in [0.1, 0.15) is 32.3 Å². The van der Waals surface area contributed by atoms with Gasteiger partial charge in [-0.1, -0.05) is 44.2 Å². The lowest BCUT2D eigenvalue weighted by atomic mass is 9.91. The Hall–Kier alpha value is -1.88. The minimum absolute atomic E-state index is 0.0244. The maximum atomic E-state index is 12.6. The fourth-order valence-electron chi connectivity index (χ4n) is 3.68. The van der Waals surface area contributed by atoms with Crippen molar-refractivity contribution in [2.24, 2.45) is 11.3 Å². The summed E-state index contributed by atoms with van der Waals surface area (Å²) < 4.78 is 0. The maximum Gasteiger partial charge on any atom is 0.227 e. The van der Waals surface area contributed by atoms with E-state index in [9.17, 15) is 9.59 Å². The summed E-state index contributed by atoms with van der Waals surface area (Å²) in [6.07, 6.45) is 2.15. The number of piperidine rings is 1. The Kier molecular flexibility index (Phi) is 7.21. The summed E-state index contributed by atoms with van der Waals surface area (Å²) in [5, 5.41) is 3.10. The van der Waals surface area contributed by atoms with Gasteiger partial charge in [-0.15, -0.1) is 0 Å². The summed E-state index contributed by atoms with van der Waals surface area (Å²) in [5.74, 6) is 0.0920. The van der Waals surface area contributed by atoms with E-state index in [4.69, 9.17) is 0 Å². The summed E-state index contributed by atoms with van der Waals surface area (Å²) in [7, 11) is 4.09. The molecule has 1 aromatic carbocycles. The molecule has 1 N–H and O–H groups in total. The molecule has 1 heterocycles. The van der Waals surface area contributed by atoms with Gasteiger partial charge in [0.1, 0.15) is 0 Å². The smallest absolute Gasteiger partial charge is 0.227 e. The number of carbonyl (C=O) groups is 2. The van der Waals surface area contributed by atoms with Gasteiger partial charge in [0, 0.05) is 26.2 Å². The lowest BCUT2D eigenvalue weighted by Crippen LogP contribution is -2.48. The number of nitrogens with one attached hydrogen (secondary N) is 1. The van der Waals surface area contributed by atoms with Gasteiger partial charge in [0.15, 0.2) is 0 Å². The predicted octanol–water partition coefficient (Wildman–Crippen LogP) is 2.17. The molecular weight excluding hydrogens is 326 g/mol. The lowest BCUT2D eigenvalue weighted by molar-refractivity contribution is -0.135. The molecule has 2 rings (SSSR count). The highest BCUT2D eigenvalue weighted by molar-refractivity contribution is 5.82. The Morgan fingerprint density at radius 2 is 1.92 bits per heavy atom. The Morgan fingerprint density at radius 3 is 2.58 bits per heavy atom. The van der Waals surface area contributed by atoms with Crippen molar-refractivity contribution in [1.82, 2.24) is 15.1 Å². The van der Waals surface area contributed by atoms with Crippen LogP contribution in [-0.4, -0.2) is 61.9 Å². The largest absolute Gasteiger partial charge is 0.355 e. The third-order valence-corrected chi connectivity index (χ3v) is 4.83. The van der Waals surface area contributed by atoms with Crippen LogP contribution in [0, 0.1) is 11.3 Å². The standard InChI is InChI=1S/C21H33N3O2/c1-21(2,16-23(3)4)15-22-20(26)18-11-8-12-24(14-18)19(25)13-17-9-6-5-7-10-17/h5-7,9-10,18H,8,11-16H2,1-4H3,(H,22,26)/t18-/m0/s1. The van der Waals surface area contributed by atoms with E-state index in [1.54, 1.807) is 0 Å². The highest BCUT2D eigenvalue weighted by Gasteiger charge is 2.29. The second-order valence-corrected chi connectivity index (χ2v) is 8.46. The Bertz CT molecular complexity index is 599. The van der Waals surface area contributed by atoms with Crippen molar-refractivity contribution in [1.29, 1.82) is 0 Å². The van der Waals surface area contributed by atoms with Crippen molar-refractivity contribution in [2.45, 2.75) is 33.1 Å². The zero-order valence-corrected chi connectivity index (χ0v) is 16.6. The fourth-order valence-corrected chi connectivity index (χ4v) is 3.68. The predicted molar refractivity (Wildman–Crippen MR) is 105 cm³/mol. The van der Waals surface area contributed by atoms with Crippen molar-refractivity contribution in [3.05, 3.63) is 35.9 Å². The highest BCUT2D eigenvalue weighted by atomic mass is 16.2. The van der Waals surface area contributed by atoms with E-state index in [1.807, 2.05) is 49.3 Å². The molecule has 1 saturated heterocycles. The number of likely N-dealkylation sites (tertiary alicyclic amines) is 1. The van der Waals surface area contributed by atoms with Crippen LogP contribution in [0.3, 0.4) is 0 Å². The van der Waals surface area contributed by atoms with Crippen LogP contribution in [0.15, 0.2) is 30.3 Å². The monoisotopic (exact) mass is 359 g/mol. The number of carbonyl (C=O) groups excluding carboxylic acids is 2. The molecule has 26 heavy (non-hydrogen) atoms. The quantitative estimate of drug-likeness (QED) is 0.812. The average molecular weight is 360 g/mol. The minimum Gasteiger partial charge on any atom is -0.355 e. The number of benzene rings is 1. The second-order valence-electron chi connectivity index (χ2n) is 8.46. The first-order chi connectivity index (χ1) is 12.3. The molecule has 0 unspecified atom stereocenters. The van der Waals surface area contributed by atoms with Gasteiger partial charge in [-0.2, -0.15) is 0 Å². The molecule has 2 amide bonds. The molecule has 1 aliphatic rings. The van der Waals surface area contributed by atoms with Crippen LogP contribution in [0.4, 0.5) is 0 Å². The lowest BCUT2D eigenvalue weighted by Gasteiger charge is -2.33. The van der Waals surface area contributed by atoms with Crippen LogP contribution in [-0.2, 0) is 16.0 Å².